The Hall–Kier alpha value is -2.55. The van der Waals surface area contributed by atoms with Gasteiger partial charge in [0.15, 0.2) is 11.0 Å². The van der Waals surface area contributed by atoms with Crippen LogP contribution in [0.15, 0.2) is 53.7 Å². The van der Waals surface area contributed by atoms with Crippen LogP contribution in [-0.4, -0.2) is 32.3 Å². The molecule has 0 aliphatic heterocycles. The zero-order valence-electron chi connectivity index (χ0n) is 14.6. The number of carbonyl (C=O) groups is 2. The highest BCUT2D eigenvalue weighted by molar-refractivity contribution is 7.99. The number of carbonyl (C=O) groups excluding carboxylic acids is 2. The smallest absolute Gasteiger partial charge is 0.269 e. The molecular formula is C18H15Cl2N5O2S. The van der Waals surface area contributed by atoms with Crippen molar-refractivity contribution in [1.29, 1.82) is 0 Å². The average molecular weight is 436 g/mol. The molecule has 7 nitrogen and oxygen atoms in total. The lowest BCUT2D eigenvalue weighted by atomic mass is 10.2. The van der Waals surface area contributed by atoms with Crippen molar-refractivity contribution >= 4 is 46.8 Å². The molecule has 0 saturated carbocycles. The standard InChI is InChI=1S/C18H15Cl2N5O2S/c1-25-16(13-4-2-3-5-14(13)20)22-24-18(25)28-10-15(26)21-23-17(27)11-6-8-12(19)9-7-11/h2-9H,10H2,1H3,(H,21,26)(H,23,27). The maximum Gasteiger partial charge on any atom is 0.269 e. The molecule has 3 aromatic rings. The van der Waals surface area contributed by atoms with Crippen LogP contribution < -0.4 is 10.9 Å². The van der Waals surface area contributed by atoms with E-state index in [9.17, 15) is 9.59 Å². The zero-order valence-corrected chi connectivity index (χ0v) is 17.0. The second-order valence-electron chi connectivity index (χ2n) is 5.64. The lowest BCUT2D eigenvalue weighted by molar-refractivity contribution is -0.119. The molecule has 3 rings (SSSR count). The van der Waals surface area contributed by atoms with Crippen LogP contribution in [0.3, 0.4) is 0 Å². The summed E-state index contributed by atoms with van der Waals surface area (Å²) in [6.45, 7) is 0. The maximum absolute atomic E-state index is 12.0. The third-order valence-electron chi connectivity index (χ3n) is 3.70. The molecule has 2 aromatic carbocycles. The van der Waals surface area contributed by atoms with E-state index in [4.69, 9.17) is 23.2 Å². The SMILES string of the molecule is Cn1c(SCC(=O)NNC(=O)c2ccc(Cl)cc2)nnc1-c1ccccc1Cl. The molecule has 28 heavy (non-hydrogen) atoms. The van der Waals surface area contributed by atoms with E-state index in [2.05, 4.69) is 21.0 Å². The van der Waals surface area contributed by atoms with Crippen LogP contribution in [0.25, 0.3) is 11.4 Å². The van der Waals surface area contributed by atoms with Crippen molar-refractivity contribution < 1.29 is 9.59 Å². The summed E-state index contributed by atoms with van der Waals surface area (Å²) < 4.78 is 1.76. The van der Waals surface area contributed by atoms with Crippen LogP contribution in [0.1, 0.15) is 10.4 Å². The van der Waals surface area contributed by atoms with Crippen molar-refractivity contribution in [1.82, 2.24) is 25.6 Å². The van der Waals surface area contributed by atoms with E-state index in [1.165, 1.54) is 11.8 Å². The summed E-state index contributed by atoms with van der Waals surface area (Å²) in [6, 6.07) is 13.6. The summed E-state index contributed by atoms with van der Waals surface area (Å²) in [5.74, 6) is -0.163. The highest BCUT2D eigenvalue weighted by Crippen LogP contribution is 2.28. The number of hydrogen-bond acceptors (Lipinski definition) is 5. The van der Waals surface area contributed by atoms with Crippen LogP contribution in [0.4, 0.5) is 0 Å². The first-order valence-electron chi connectivity index (χ1n) is 8.07. The van der Waals surface area contributed by atoms with Gasteiger partial charge in [-0.15, -0.1) is 10.2 Å². The summed E-state index contributed by atoms with van der Waals surface area (Å²) in [5, 5.41) is 9.88. The molecule has 1 heterocycles. The Balaban J connectivity index is 1.54. The Morgan fingerprint density at radius 3 is 2.46 bits per heavy atom. The molecule has 0 radical (unpaired) electrons. The van der Waals surface area contributed by atoms with E-state index in [0.717, 1.165) is 5.56 Å². The number of aromatic nitrogens is 3. The fourth-order valence-corrected chi connectivity index (χ4v) is 3.34. The van der Waals surface area contributed by atoms with Gasteiger partial charge in [0.05, 0.1) is 10.8 Å². The van der Waals surface area contributed by atoms with E-state index in [0.29, 0.717) is 26.6 Å². The van der Waals surface area contributed by atoms with E-state index >= 15 is 0 Å². The Morgan fingerprint density at radius 2 is 1.75 bits per heavy atom. The van der Waals surface area contributed by atoms with Gasteiger partial charge in [0.1, 0.15) is 0 Å². The van der Waals surface area contributed by atoms with Crippen LogP contribution in [0, 0.1) is 0 Å². The summed E-state index contributed by atoms with van der Waals surface area (Å²) in [5.41, 5.74) is 5.85. The van der Waals surface area contributed by atoms with Crippen LogP contribution >= 0.6 is 35.0 Å². The monoisotopic (exact) mass is 435 g/mol. The van der Waals surface area contributed by atoms with E-state index < -0.39 is 5.91 Å². The van der Waals surface area contributed by atoms with E-state index in [-0.39, 0.29) is 11.7 Å². The zero-order chi connectivity index (χ0) is 20.1. The molecule has 10 heteroatoms. The molecule has 0 atom stereocenters. The van der Waals surface area contributed by atoms with Crippen molar-refractivity contribution in [2.45, 2.75) is 5.16 Å². The summed E-state index contributed by atoms with van der Waals surface area (Å²) >= 11 is 13.2. The van der Waals surface area contributed by atoms with Crippen molar-refractivity contribution in [3.63, 3.8) is 0 Å². The Bertz CT molecular complexity index is 1010. The number of hydrogen-bond donors (Lipinski definition) is 2. The summed E-state index contributed by atoms with van der Waals surface area (Å²) in [7, 11) is 1.79. The van der Waals surface area contributed by atoms with Gasteiger partial charge < -0.3 is 4.57 Å². The molecule has 144 valence electrons. The first-order valence-corrected chi connectivity index (χ1v) is 9.81. The molecule has 0 spiro atoms. The summed E-state index contributed by atoms with van der Waals surface area (Å²) in [6.07, 6.45) is 0. The second kappa shape index (κ2) is 9.09. The molecule has 0 fully saturated rings. The van der Waals surface area contributed by atoms with Crippen LogP contribution in [0.5, 0.6) is 0 Å². The van der Waals surface area contributed by atoms with Gasteiger partial charge in [0, 0.05) is 23.2 Å². The van der Waals surface area contributed by atoms with Gasteiger partial charge in [-0.3, -0.25) is 20.4 Å². The molecule has 0 aliphatic rings. The minimum Gasteiger partial charge on any atom is -0.305 e. The number of amides is 2. The van der Waals surface area contributed by atoms with Gasteiger partial charge >= 0.3 is 0 Å². The highest BCUT2D eigenvalue weighted by Gasteiger charge is 2.15. The predicted molar refractivity (Wildman–Crippen MR) is 109 cm³/mol. The fourth-order valence-electron chi connectivity index (χ4n) is 2.28. The third-order valence-corrected chi connectivity index (χ3v) is 5.31. The Morgan fingerprint density at radius 1 is 1.04 bits per heavy atom. The normalized spacial score (nSPS) is 10.5. The van der Waals surface area contributed by atoms with Gasteiger partial charge in [0.25, 0.3) is 5.91 Å². The lowest BCUT2D eigenvalue weighted by Crippen LogP contribution is -2.42. The van der Waals surface area contributed by atoms with Gasteiger partial charge in [-0.25, -0.2) is 0 Å². The largest absolute Gasteiger partial charge is 0.305 e. The van der Waals surface area contributed by atoms with Crippen molar-refractivity contribution in [3.8, 4) is 11.4 Å². The number of nitrogens with zero attached hydrogens (tertiary/aromatic N) is 3. The third kappa shape index (κ3) is 4.83. The van der Waals surface area contributed by atoms with E-state index in [1.807, 2.05) is 18.2 Å². The Labute approximate surface area is 175 Å². The molecule has 0 bridgehead atoms. The molecule has 2 amide bonds. The highest BCUT2D eigenvalue weighted by atomic mass is 35.5. The minimum atomic E-state index is -0.435. The van der Waals surface area contributed by atoms with Crippen LogP contribution in [-0.2, 0) is 11.8 Å². The first-order chi connectivity index (χ1) is 13.5. The number of benzene rings is 2. The van der Waals surface area contributed by atoms with Crippen molar-refractivity contribution in [3.05, 3.63) is 64.1 Å². The minimum absolute atomic E-state index is 0.0510. The predicted octanol–water partition coefficient (Wildman–Crippen LogP) is 3.34. The first kappa shape index (κ1) is 20.2. The lowest BCUT2D eigenvalue weighted by Gasteiger charge is -2.08. The fraction of sp³-hybridized carbons (Fsp3) is 0.111. The molecular weight excluding hydrogens is 421 g/mol. The average Bonchev–Trinajstić information content (AvgIpc) is 3.05. The van der Waals surface area contributed by atoms with Gasteiger partial charge in [-0.2, -0.15) is 0 Å². The number of thioether (sulfide) groups is 1. The second-order valence-corrected chi connectivity index (χ2v) is 7.43. The maximum atomic E-state index is 12.0. The van der Waals surface area contributed by atoms with E-state index in [1.54, 1.807) is 41.9 Å². The van der Waals surface area contributed by atoms with Gasteiger partial charge in [-0.1, -0.05) is 47.1 Å². The van der Waals surface area contributed by atoms with Crippen molar-refractivity contribution in [2.24, 2.45) is 7.05 Å². The van der Waals surface area contributed by atoms with Gasteiger partial charge in [0.2, 0.25) is 5.91 Å². The number of halogens is 2. The Kier molecular flexibility index (Phi) is 6.56. The molecule has 2 N–H and O–H groups in total. The van der Waals surface area contributed by atoms with Crippen molar-refractivity contribution in [2.75, 3.05) is 5.75 Å². The van der Waals surface area contributed by atoms with Gasteiger partial charge in [-0.05, 0) is 36.4 Å². The molecule has 0 aliphatic carbocycles. The number of nitrogens with one attached hydrogen (secondary N) is 2. The molecule has 0 unspecified atom stereocenters. The topological polar surface area (TPSA) is 88.9 Å². The quantitative estimate of drug-likeness (QED) is 0.473. The number of hydrazine groups is 1. The van der Waals surface area contributed by atoms with Crippen LogP contribution in [0.2, 0.25) is 10.0 Å². The molecule has 0 saturated heterocycles. The number of rotatable bonds is 5. The summed E-state index contributed by atoms with van der Waals surface area (Å²) in [4.78, 5) is 24.0. The molecule has 1 aromatic heterocycles.